The van der Waals surface area contributed by atoms with Crippen LogP contribution < -0.4 is 5.32 Å². The fourth-order valence-electron chi connectivity index (χ4n) is 1.16. The van der Waals surface area contributed by atoms with E-state index in [0.29, 0.717) is 13.0 Å². The van der Waals surface area contributed by atoms with Gasteiger partial charge in [-0.3, -0.25) is 4.79 Å². The predicted molar refractivity (Wildman–Crippen MR) is 66.5 cm³/mol. The summed E-state index contributed by atoms with van der Waals surface area (Å²) in [7, 11) is 0. The van der Waals surface area contributed by atoms with E-state index in [1.54, 1.807) is 11.3 Å². The average molecular weight is 291 g/mol. The molecule has 1 N–H and O–H groups in total. The molecular formula is C10H15BrN2OS. The molecule has 1 heterocycles. The maximum atomic E-state index is 11.3. The molecule has 0 fully saturated rings. The number of hydrogen-bond donors (Lipinski definition) is 1. The van der Waals surface area contributed by atoms with Crippen LogP contribution in [0.25, 0.3) is 0 Å². The monoisotopic (exact) mass is 290 g/mol. The summed E-state index contributed by atoms with van der Waals surface area (Å²) < 4.78 is 0. The van der Waals surface area contributed by atoms with Gasteiger partial charge in [0.15, 0.2) is 0 Å². The Morgan fingerprint density at radius 1 is 1.53 bits per heavy atom. The number of rotatable bonds is 7. The molecule has 1 aromatic rings. The van der Waals surface area contributed by atoms with E-state index >= 15 is 0 Å². The number of carbonyl (C=O) groups excluding carboxylic acids is 1. The predicted octanol–water partition coefficient (Wildman–Crippen LogP) is 2.37. The summed E-state index contributed by atoms with van der Waals surface area (Å²) in [4.78, 5) is 15.5. The highest BCUT2D eigenvalue weighted by atomic mass is 79.9. The van der Waals surface area contributed by atoms with E-state index < -0.39 is 0 Å². The van der Waals surface area contributed by atoms with Crippen LogP contribution in [0.3, 0.4) is 0 Å². The van der Waals surface area contributed by atoms with Crippen molar-refractivity contribution in [1.29, 1.82) is 0 Å². The van der Waals surface area contributed by atoms with Crippen LogP contribution in [0.15, 0.2) is 10.9 Å². The van der Waals surface area contributed by atoms with Gasteiger partial charge in [-0.1, -0.05) is 15.9 Å². The number of hydrogen-bond acceptors (Lipinski definition) is 3. The smallest absolute Gasteiger partial charge is 0.220 e. The van der Waals surface area contributed by atoms with Crippen molar-refractivity contribution >= 4 is 33.2 Å². The van der Waals surface area contributed by atoms with Crippen molar-refractivity contribution in [3.63, 3.8) is 0 Å². The molecule has 1 aromatic heterocycles. The van der Waals surface area contributed by atoms with Crippen LogP contribution >= 0.6 is 27.3 Å². The van der Waals surface area contributed by atoms with E-state index in [-0.39, 0.29) is 5.91 Å². The van der Waals surface area contributed by atoms with Crippen LogP contribution in [-0.2, 0) is 11.2 Å². The Labute approximate surface area is 102 Å². The summed E-state index contributed by atoms with van der Waals surface area (Å²) in [5, 5.41) is 5.87. The van der Waals surface area contributed by atoms with E-state index in [1.807, 2.05) is 10.9 Å². The van der Waals surface area contributed by atoms with Crippen molar-refractivity contribution < 1.29 is 4.79 Å². The summed E-state index contributed by atoms with van der Waals surface area (Å²) in [6.45, 7) is 0.691. The molecule has 1 amide bonds. The highest BCUT2D eigenvalue weighted by Crippen LogP contribution is 2.01. The second-order valence-corrected chi connectivity index (χ2v) is 4.74. The summed E-state index contributed by atoms with van der Waals surface area (Å²) in [6, 6.07) is 0. The summed E-state index contributed by atoms with van der Waals surface area (Å²) >= 11 is 4.93. The summed E-state index contributed by atoms with van der Waals surface area (Å²) in [5.74, 6) is 0.145. The van der Waals surface area contributed by atoms with Crippen molar-refractivity contribution in [2.75, 3.05) is 11.9 Å². The topological polar surface area (TPSA) is 42.0 Å². The molecule has 0 aromatic carbocycles. The lowest BCUT2D eigenvalue weighted by Gasteiger charge is -2.02. The number of unbranched alkanes of at least 4 members (excludes halogenated alkanes) is 1. The fraction of sp³-hybridized carbons (Fsp3) is 0.600. The molecule has 0 saturated carbocycles. The third kappa shape index (κ3) is 5.89. The number of nitrogens with one attached hydrogen (secondary N) is 1. The molecule has 0 aliphatic carbocycles. The lowest BCUT2D eigenvalue weighted by Crippen LogP contribution is -2.25. The van der Waals surface area contributed by atoms with Crippen LogP contribution in [0.4, 0.5) is 0 Å². The van der Waals surface area contributed by atoms with Gasteiger partial charge in [0.25, 0.3) is 0 Å². The van der Waals surface area contributed by atoms with Crippen LogP contribution in [0.5, 0.6) is 0 Å². The summed E-state index contributed by atoms with van der Waals surface area (Å²) in [6.07, 6.45) is 3.46. The van der Waals surface area contributed by atoms with Gasteiger partial charge >= 0.3 is 0 Å². The number of carbonyl (C=O) groups is 1. The molecule has 0 bridgehead atoms. The Bertz CT molecular complexity index is 277. The molecule has 84 valence electrons. The van der Waals surface area contributed by atoms with Crippen molar-refractivity contribution in [2.45, 2.75) is 25.7 Å². The van der Waals surface area contributed by atoms with Gasteiger partial charge in [0.1, 0.15) is 0 Å². The highest BCUT2D eigenvalue weighted by Gasteiger charge is 2.00. The molecule has 0 spiro atoms. The Kier molecular flexibility index (Phi) is 6.59. The first kappa shape index (κ1) is 12.6. The van der Waals surface area contributed by atoms with E-state index in [4.69, 9.17) is 0 Å². The fourth-order valence-corrected chi connectivity index (χ4v) is 2.15. The van der Waals surface area contributed by atoms with E-state index in [9.17, 15) is 4.79 Å². The molecule has 1 rings (SSSR count). The van der Waals surface area contributed by atoms with Gasteiger partial charge < -0.3 is 5.32 Å². The number of thiazole rings is 1. The van der Waals surface area contributed by atoms with Crippen molar-refractivity contribution in [2.24, 2.45) is 0 Å². The Balaban J connectivity index is 2.02. The van der Waals surface area contributed by atoms with E-state index in [2.05, 4.69) is 26.2 Å². The molecule has 0 saturated heterocycles. The lowest BCUT2D eigenvalue weighted by atomic mass is 10.2. The standard InChI is InChI=1S/C10H15BrN2OS/c11-5-2-1-3-10(14)12-6-4-9-7-15-8-13-9/h7-8H,1-6H2,(H,12,14). The number of aromatic nitrogens is 1. The number of nitrogens with zero attached hydrogens (tertiary/aromatic N) is 1. The van der Waals surface area contributed by atoms with Gasteiger partial charge in [-0.25, -0.2) is 4.98 Å². The zero-order valence-electron chi connectivity index (χ0n) is 8.54. The van der Waals surface area contributed by atoms with Crippen LogP contribution in [0.1, 0.15) is 25.0 Å². The number of amides is 1. The first-order valence-corrected chi connectivity index (χ1v) is 7.09. The third-order valence-electron chi connectivity index (χ3n) is 1.97. The van der Waals surface area contributed by atoms with E-state index in [0.717, 1.165) is 30.3 Å². The van der Waals surface area contributed by atoms with Crippen LogP contribution in [-0.4, -0.2) is 22.8 Å². The average Bonchev–Trinajstić information content (AvgIpc) is 2.71. The third-order valence-corrected chi connectivity index (χ3v) is 3.17. The van der Waals surface area contributed by atoms with Gasteiger partial charge in [-0.2, -0.15) is 0 Å². The molecule has 5 heteroatoms. The zero-order chi connectivity index (χ0) is 10.9. The molecule has 0 aliphatic rings. The molecule has 0 atom stereocenters. The maximum Gasteiger partial charge on any atom is 0.220 e. The van der Waals surface area contributed by atoms with Crippen molar-refractivity contribution in [3.8, 4) is 0 Å². The zero-order valence-corrected chi connectivity index (χ0v) is 10.9. The molecular weight excluding hydrogens is 276 g/mol. The van der Waals surface area contributed by atoms with Gasteiger partial charge in [-0.05, 0) is 12.8 Å². The van der Waals surface area contributed by atoms with E-state index in [1.165, 1.54) is 0 Å². The molecule has 3 nitrogen and oxygen atoms in total. The van der Waals surface area contributed by atoms with Crippen LogP contribution in [0.2, 0.25) is 0 Å². The second-order valence-electron chi connectivity index (χ2n) is 3.23. The molecule has 0 radical (unpaired) electrons. The second kappa shape index (κ2) is 7.82. The Morgan fingerprint density at radius 2 is 2.40 bits per heavy atom. The minimum atomic E-state index is 0.145. The maximum absolute atomic E-state index is 11.3. The first-order chi connectivity index (χ1) is 7.33. The molecule has 15 heavy (non-hydrogen) atoms. The van der Waals surface area contributed by atoms with Crippen molar-refractivity contribution in [1.82, 2.24) is 10.3 Å². The number of halogens is 1. The SMILES string of the molecule is O=C(CCCCBr)NCCc1cscn1. The number of alkyl halides is 1. The van der Waals surface area contributed by atoms with Gasteiger partial charge in [0.05, 0.1) is 11.2 Å². The normalized spacial score (nSPS) is 10.2. The van der Waals surface area contributed by atoms with Crippen LogP contribution in [0, 0.1) is 0 Å². The largest absolute Gasteiger partial charge is 0.356 e. The van der Waals surface area contributed by atoms with Gasteiger partial charge in [0, 0.05) is 30.1 Å². The minimum absolute atomic E-state index is 0.145. The summed E-state index contributed by atoms with van der Waals surface area (Å²) in [5.41, 5.74) is 2.87. The molecule has 0 aliphatic heterocycles. The first-order valence-electron chi connectivity index (χ1n) is 5.02. The lowest BCUT2D eigenvalue weighted by molar-refractivity contribution is -0.121. The highest BCUT2D eigenvalue weighted by molar-refractivity contribution is 9.09. The van der Waals surface area contributed by atoms with Crippen molar-refractivity contribution in [3.05, 3.63) is 16.6 Å². The van der Waals surface area contributed by atoms with Gasteiger partial charge in [-0.15, -0.1) is 11.3 Å². The quantitative estimate of drug-likeness (QED) is 0.619. The Morgan fingerprint density at radius 3 is 3.07 bits per heavy atom. The van der Waals surface area contributed by atoms with Gasteiger partial charge in [0.2, 0.25) is 5.91 Å². The Hall–Kier alpha value is -0.420. The minimum Gasteiger partial charge on any atom is -0.356 e. The molecule has 0 unspecified atom stereocenters.